The van der Waals surface area contributed by atoms with E-state index in [0.717, 1.165) is 16.7 Å². The van der Waals surface area contributed by atoms with Gasteiger partial charge in [-0.1, -0.05) is 41.4 Å². The van der Waals surface area contributed by atoms with Gasteiger partial charge >= 0.3 is 0 Å². The highest BCUT2D eigenvalue weighted by molar-refractivity contribution is 6.34. The van der Waals surface area contributed by atoms with E-state index in [1.54, 1.807) is 0 Å². The van der Waals surface area contributed by atoms with Crippen LogP contribution in [0.1, 0.15) is 23.1 Å². The maximum Gasteiger partial charge on any atom is 0.224 e. The van der Waals surface area contributed by atoms with Crippen LogP contribution in [0.5, 0.6) is 0 Å². The van der Waals surface area contributed by atoms with E-state index in [1.807, 2.05) is 50.2 Å². The van der Waals surface area contributed by atoms with E-state index in [2.05, 4.69) is 5.32 Å². The number of hydrogen-bond donors (Lipinski definition) is 1. The Hall–Kier alpha value is -1.51. The third kappa shape index (κ3) is 4.48. The fraction of sp³-hybridized carbons (Fsp3) is 0.235. The van der Waals surface area contributed by atoms with Crippen LogP contribution in [0.4, 0.5) is 5.69 Å². The van der Waals surface area contributed by atoms with E-state index in [4.69, 9.17) is 23.2 Å². The fourth-order valence-corrected chi connectivity index (χ4v) is 2.68. The molecule has 0 aliphatic rings. The number of anilines is 1. The molecule has 0 bridgehead atoms. The minimum atomic E-state index is -0.0428. The van der Waals surface area contributed by atoms with Crippen molar-refractivity contribution >= 4 is 34.8 Å². The lowest BCUT2D eigenvalue weighted by Gasteiger charge is -2.11. The molecule has 0 radical (unpaired) electrons. The maximum absolute atomic E-state index is 12.0. The number of halogens is 2. The molecule has 0 fully saturated rings. The quantitative estimate of drug-likeness (QED) is 0.825. The summed E-state index contributed by atoms with van der Waals surface area (Å²) in [5.74, 6) is -0.0428. The number of carbonyl (C=O) groups excluding carboxylic acids is 1. The molecule has 21 heavy (non-hydrogen) atoms. The van der Waals surface area contributed by atoms with Crippen molar-refractivity contribution in [2.24, 2.45) is 0 Å². The Labute approximate surface area is 135 Å². The number of nitrogens with one attached hydrogen (secondary N) is 1. The van der Waals surface area contributed by atoms with Crippen molar-refractivity contribution in [3.63, 3.8) is 0 Å². The van der Waals surface area contributed by atoms with Crippen molar-refractivity contribution in [1.82, 2.24) is 0 Å². The van der Waals surface area contributed by atoms with E-state index in [-0.39, 0.29) is 5.91 Å². The lowest BCUT2D eigenvalue weighted by atomic mass is 10.1. The average Bonchev–Trinajstić information content (AvgIpc) is 2.42. The Morgan fingerprint density at radius 2 is 1.76 bits per heavy atom. The Kier molecular flexibility index (Phi) is 5.27. The molecule has 2 nitrogen and oxygen atoms in total. The van der Waals surface area contributed by atoms with Crippen LogP contribution in [0.25, 0.3) is 0 Å². The van der Waals surface area contributed by atoms with Gasteiger partial charge in [-0.25, -0.2) is 0 Å². The van der Waals surface area contributed by atoms with Crippen molar-refractivity contribution < 1.29 is 4.79 Å². The van der Waals surface area contributed by atoms with Crippen LogP contribution in [-0.2, 0) is 11.2 Å². The highest BCUT2D eigenvalue weighted by Crippen LogP contribution is 2.27. The van der Waals surface area contributed by atoms with Crippen molar-refractivity contribution in [2.75, 3.05) is 5.32 Å². The lowest BCUT2D eigenvalue weighted by Crippen LogP contribution is -2.13. The van der Waals surface area contributed by atoms with Gasteiger partial charge in [-0.3, -0.25) is 4.79 Å². The molecule has 0 saturated carbocycles. The summed E-state index contributed by atoms with van der Waals surface area (Å²) < 4.78 is 0. The zero-order valence-electron chi connectivity index (χ0n) is 12.0. The van der Waals surface area contributed by atoms with Crippen LogP contribution in [0.2, 0.25) is 10.0 Å². The average molecular weight is 322 g/mol. The van der Waals surface area contributed by atoms with E-state index in [1.165, 1.54) is 0 Å². The number of carbonyl (C=O) groups is 1. The zero-order valence-corrected chi connectivity index (χ0v) is 13.6. The molecule has 0 aliphatic carbocycles. The van der Waals surface area contributed by atoms with Crippen LogP contribution >= 0.6 is 23.2 Å². The van der Waals surface area contributed by atoms with Crippen LogP contribution in [0.15, 0.2) is 36.4 Å². The number of hydrogen-bond acceptors (Lipinski definition) is 1. The Balaban J connectivity index is 1.97. The Morgan fingerprint density at radius 1 is 1.10 bits per heavy atom. The molecule has 1 amide bonds. The highest BCUT2D eigenvalue weighted by Gasteiger charge is 2.09. The monoisotopic (exact) mass is 321 g/mol. The molecular weight excluding hydrogens is 305 g/mol. The van der Waals surface area contributed by atoms with E-state index in [9.17, 15) is 4.79 Å². The third-order valence-corrected chi connectivity index (χ3v) is 3.80. The number of aryl methyl sites for hydroxylation is 3. The second kappa shape index (κ2) is 6.97. The molecule has 0 unspecified atom stereocenters. The van der Waals surface area contributed by atoms with Crippen LogP contribution in [0.3, 0.4) is 0 Å². The summed E-state index contributed by atoms with van der Waals surface area (Å²) in [5.41, 5.74) is 3.83. The second-order valence-corrected chi connectivity index (χ2v) is 5.96. The second-order valence-electron chi connectivity index (χ2n) is 5.11. The standard InChI is InChI=1S/C17H17Cl2NO/c1-11-9-12(2)17(15(19)10-11)20-16(21)8-5-13-3-6-14(18)7-4-13/h3-4,6-7,9-10H,5,8H2,1-2H3,(H,20,21). The van der Waals surface area contributed by atoms with E-state index in [0.29, 0.717) is 28.6 Å². The minimum Gasteiger partial charge on any atom is -0.325 e. The molecule has 2 aromatic carbocycles. The maximum atomic E-state index is 12.0. The first-order chi connectivity index (χ1) is 9.95. The highest BCUT2D eigenvalue weighted by atomic mass is 35.5. The van der Waals surface area contributed by atoms with Crippen LogP contribution < -0.4 is 5.32 Å². The third-order valence-electron chi connectivity index (χ3n) is 3.25. The molecule has 0 atom stereocenters. The molecule has 0 heterocycles. The molecule has 1 N–H and O–H groups in total. The van der Waals surface area contributed by atoms with Crippen LogP contribution in [-0.4, -0.2) is 5.91 Å². The van der Waals surface area contributed by atoms with Crippen molar-refractivity contribution in [2.45, 2.75) is 26.7 Å². The van der Waals surface area contributed by atoms with E-state index >= 15 is 0 Å². The van der Waals surface area contributed by atoms with Gasteiger partial charge in [0.25, 0.3) is 0 Å². The van der Waals surface area contributed by atoms with Gasteiger partial charge in [-0.15, -0.1) is 0 Å². The first kappa shape index (κ1) is 15.9. The van der Waals surface area contributed by atoms with Gasteiger partial charge in [-0.2, -0.15) is 0 Å². The predicted molar refractivity (Wildman–Crippen MR) is 89.3 cm³/mol. The predicted octanol–water partition coefficient (Wildman–Crippen LogP) is 5.18. The normalized spacial score (nSPS) is 10.5. The smallest absolute Gasteiger partial charge is 0.224 e. The number of amides is 1. The van der Waals surface area contributed by atoms with Gasteiger partial charge in [0.2, 0.25) is 5.91 Å². The molecule has 4 heteroatoms. The van der Waals surface area contributed by atoms with Gasteiger partial charge in [0, 0.05) is 11.4 Å². The van der Waals surface area contributed by atoms with Crippen molar-refractivity contribution in [3.05, 3.63) is 63.1 Å². The molecule has 0 spiro atoms. The van der Waals surface area contributed by atoms with Gasteiger partial charge in [-0.05, 0) is 55.2 Å². The van der Waals surface area contributed by atoms with Crippen LogP contribution in [0, 0.1) is 13.8 Å². The summed E-state index contributed by atoms with van der Waals surface area (Å²) in [6, 6.07) is 11.4. The minimum absolute atomic E-state index is 0.0428. The topological polar surface area (TPSA) is 29.1 Å². The van der Waals surface area contributed by atoms with Crippen molar-refractivity contribution in [3.8, 4) is 0 Å². The van der Waals surface area contributed by atoms with Gasteiger partial charge < -0.3 is 5.32 Å². The summed E-state index contributed by atoms with van der Waals surface area (Å²) in [7, 11) is 0. The van der Waals surface area contributed by atoms with Gasteiger partial charge in [0.15, 0.2) is 0 Å². The lowest BCUT2D eigenvalue weighted by molar-refractivity contribution is -0.116. The molecule has 0 saturated heterocycles. The van der Waals surface area contributed by atoms with E-state index < -0.39 is 0 Å². The molecule has 0 aliphatic heterocycles. The molecular formula is C17H17Cl2NO. The number of benzene rings is 2. The fourth-order valence-electron chi connectivity index (χ4n) is 2.18. The largest absolute Gasteiger partial charge is 0.325 e. The molecule has 0 aromatic heterocycles. The van der Waals surface area contributed by atoms with Crippen molar-refractivity contribution in [1.29, 1.82) is 0 Å². The summed E-state index contributed by atoms with van der Waals surface area (Å²) in [6.45, 7) is 3.92. The summed E-state index contributed by atoms with van der Waals surface area (Å²) in [4.78, 5) is 12.0. The number of rotatable bonds is 4. The summed E-state index contributed by atoms with van der Waals surface area (Å²) in [5, 5.41) is 4.17. The molecule has 2 rings (SSSR count). The summed E-state index contributed by atoms with van der Waals surface area (Å²) in [6.07, 6.45) is 1.08. The SMILES string of the molecule is Cc1cc(C)c(NC(=O)CCc2ccc(Cl)cc2)c(Cl)c1. The Bertz CT molecular complexity index is 627. The first-order valence-electron chi connectivity index (χ1n) is 6.77. The zero-order chi connectivity index (χ0) is 15.4. The Morgan fingerprint density at radius 3 is 2.38 bits per heavy atom. The van der Waals surface area contributed by atoms with Gasteiger partial charge in [0.1, 0.15) is 0 Å². The first-order valence-corrected chi connectivity index (χ1v) is 7.52. The van der Waals surface area contributed by atoms with Gasteiger partial charge in [0.05, 0.1) is 10.7 Å². The summed E-state index contributed by atoms with van der Waals surface area (Å²) >= 11 is 12.0. The molecule has 110 valence electrons. The molecule has 2 aromatic rings.